The van der Waals surface area contributed by atoms with Crippen LogP contribution in [0.3, 0.4) is 0 Å². The third-order valence-corrected chi connectivity index (χ3v) is 4.57. The van der Waals surface area contributed by atoms with Crippen molar-refractivity contribution >= 4 is 45.7 Å². The number of carbonyl (C=O) groups excluding carboxylic acids is 2. The Bertz CT molecular complexity index is 1040. The van der Waals surface area contributed by atoms with E-state index in [1.165, 1.54) is 6.33 Å². The fraction of sp³-hybridized carbons (Fsp3) is 0.0556. The highest BCUT2D eigenvalue weighted by Gasteiger charge is 2.24. The van der Waals surface area contributed by atoms with Gasteiger partial charge in [0.1, 0.15) is 12.1 Å². The number of carbonyl (C=O) groups is 2. The normalized spacial score (nSPS) is 15.5. The molecule has 1 saturated heterocycles. The van der Waals surface area contributed by atoms with E-state index in [1.54, 1.807) is 12.3 Å². The molecule has 0 atom stereocenters. The highest BCUT2D eigenvalue weighted by Crippen LogP contribution is 2.27. The molecule has 2 amide bonds. The van der Waals surface area contributed by atoms with E-state index in [0.29, 0.717) is 17.3 Å². The number of nitrogens with zero attached hydrogens (tertiary/aromatic N) is 3. The lowest BCUT2D eigenvalue weighted by Crippen LogP contribution is -2.17. The Hall–Kier alpha value is -3.26. The molecule has 1 aromatic carbocycles. The first-order chi connectivity index (χ1) is 12.7. The molecule has 1 fully saturated rings. The lowest BCUT2D eigenvalue weighted by atomic mass is 10.1. The van der Waals surface area contributed by atoms with Gasteiger partial charge in [-0.2, -0.15) is 0 Å². The van der Waals surface area contributed by atoms with E-state index in [2.05, 4.69) is 25.6 Å². The van der Waals surface area contributed by atoms with Gasteiger partial charge in [-0.1, -0.05) is 12.1 Å². The summed E-state index contributed by atoms with van der Waals surface area (Å²) in [5, 5.41) is 5.98. The summed E-state index contributed by atoms with van der Waals surface area (Å²) >= 11 is 0.892. The second-order valence-corrected chi connectivity index (χ2v) is 6.54. The average Bonchev–Trinajstić information content (AvgIpc) is 2.98. The van der Waals surface area contributed by atoms with Crippen molar-refractivity contribution in [2.75, 3.05) is 5.32 Å². The monoisotopic (exact) mass is 363 g/mol. The number of anilines is 1. The molecule has 3 aromatic rings. The van der Waals surface area contributed by atoms with E-state index < -0.39 is 0 Å². The van der Waals surface area contributed by atoms with E-state index in [4.69, 9.17) is 0 Å². The van der Waals surface area contributed by atoms with Gasteiger partial charge in [0.25, 0.3) is 11.1 Å². The summed E-state index contributed by atoms with van der Waals surface area (Å²) in [6, 6.07) is 11.3. The van der Waals surface area contributed by atoms with Crippen LogP contribution in [0.4, 0.5) is 10.6 Å². The number of hydrogen-bond donors (Lipinski definition) is 2. The zero-order valence-corrected chi connectivity index (χ0v) is 14.3. The Labute approximate surface area is 153 Å². The molecule has 0 spiro atoms. The predicted molar refractivity (Wildman–Crippen MR) is 100 cm³/mol. The molecular weight excluding hydrogens is 350 g/mol. The number of fused-ring (bicyclic) bond motifs is 1. The van der Waals surface area contributed by atoms with Gasteiger partial charge in [-0.25, -0.2) is 9.97 Å². The summed E-state index contributed by atoms with van der Waals surface area (Å²) in [6.45, 7) is 0.533. The Balaban J connectivity index is 1.65. The molecule has 8 heteroatoms. The van der Waals surface area contributed by atoms with Crippen LogP contribution in [0, 0.1) is 0 Å². The van der Waals surface area contributed by atoms with Gasteiger partial charge in [-0.3, -0.25) is 19.9 Å². The minimum absolute atomic E-state index is 0.358. The summed E-state index contributed by atoms with van der Waals surface area (Å²) in [5.74, 6) is 0.304. The van der Waals surface area contributed by atoms with E-state index in [9.17, 15) is 9.59 Å². The van der Waals surface area contributed by atoms with Crippen LogP contribution in [0.15, 0.2) is 53.8 Å². The molecule has 1 aliphatic heterocycles. The molecule has 0 unspecified atom stereocenters. The van der Waals surface area contributed by atoms with Crippen molar-refractivity contribution in [2.24, 2.45) is 0 Å². The molecule has 3 heterocycles. The second-order valence-electron chi connectivity index (χ2n) is 5.53. The van der Waals surface area contributed by atoms with Gasteiger partial charge in [-0.15, -0.1) is 0 Å². The maximum atomic E-state index is 11.7. The van der Waals surface area contributed by atoms with Crippen LogP contribution in [0.5, 0.6) is 0 Å². The Kier molecular flexibility index (Phi) is 4.32. The largest absolute Gasteiger partial charge is 0.364 e. The van der Waals surface area contributed by atoms with E-state index in [-0.39, 0.29) is 11.1 Å². The quantitative estimate of drug-likeness (QED) is 0.688. The van der Waals surface area contributed by atoms with Crippen molar-refractivity contribution < 1.29 is 9.59 Å². The SMILES string of the molecule is O=C1NC(=O)C(=Cc2ccc3ncnc(NCc4ccccn4)c3c2)S1. The molecule has 7 nitrogen and oxygen atoms in total. The maximum Gasteiger partial charge on any atom is 0.290 e. The smallest absolute Gasteiger partial charge is 0.290 e. The minimum atomic E-state index is -0.377. The molecule has 0 saturated carbocycles. The maximum absolute atomic E-state index is 11.7. The molecule has 128 valence electrons. The van der Waals surface area contributed by atoms with E-state index >= 15 is 0 Å². The van der Waals surface area contributed by atoms with Crippen molar-refractivity contribution in [1.29, 1.82) is 0 Å². The number of imide groups is 1. The van der Waals surface area contributed by atoms with Crippen LogP contribution in [-0.2, 0) is 11.3 Å². The van der Waals surface area contributed by atoms with E-state index in [0.717, 1.165) is 33.9 Å². The van der Waals surface area contributed by atoms with E-state index in [1.807, 2.05) is 36.4 Å². The zero-order chi connectivity index (χ0) is 17.9. The molecule has 2 N–H and O–H groups in total. The van der Waals surface area contributed by atoms with Gasteiger partial charge in [0.2, 0.25) is 0 Å². The molecule has 2 aromatic heterocycles. The number of nitrogens with one attached hydrogen (secondary N) is 2. The minimum Gasteiger partial charge on any atom is -0.364 e. The molecule has 26 heavy (non-hydrogen) atoms. The number of benzene rings is 1. The number of thioether (sulfide) groups is 1. The highest BCUT2D eigenvalue weighted by atomic mass is 32.2. The van der Waals surface area contributed by atoms with Crippen molar-refractivity contribution in [1.82, 2.24) is 20.3 Å². The molecular formula is C18H13N5O2S. The average molecular weight is 363 g/mol. The van der Waals surface area contributed by atoms with Gasteiger partial charge in [-0.05, 0) is 47.7 Å². The van der Waals surface area contributed by atoms with Crippen LogP contribution >= 0.6 is 11.8 Å². The number of pyridine rings is 1. The fourth-order valence-corrected chi connectivity index (χ4v) is 3.24. The van der Waals surface area contributed by atoms with Gasteiger partial charge in [0, 0.05) is 11.6 Å². The molecule has 4 rings (SSSR count). The third kappa shape index (κ3) is 3.40. The predicted octanol–water partition coefficient (Wildman–Crippen LogP) is 2.96. The van der Waals surface area contributed by atoms with Gasteiger partial charge in [0.15, 0.2) is 0 Å². The van der Waals surface area contributed by atoms with Gasteiger partial charge in [0.05, 0.1) is 22.7 Å². The van der Waals surface area contributed by atoms with Crippen molar-refractivity contribution in [3.05, 3.63) is 65.1 Å². The number of amides is 2. The van der Waals surface area contributed by atoms with Crippen LogP contribution in [-0.4, -0.2) is 26.1 Å². The van der Waals surface area contributed by atoms with Gasteiger partial charge < -0.3 is 5.32 Å². The topological polar surface area (TPSA) is 96.9 Å². The first-order valence-corrected chi connectivity index (χ1v) is 8.64. The third-order valence-electron chi connectivity index (χ3n) is 3.76. The summed E-state index contributed by atoms with van der Waals surface area (Å²) in [4.78, 5) is 36.2. The van der Waals surface area contributed by atoms with Crippen molar-refractivity contribution in [3.8, 4) is 0 Å². The Morgan fingerprint density at radius 3 is 2.81 bits per heavy atom. The lowest BCUT2D eigenvalue weighted by molar-refractivity contribution is -0.115. The molecule has 0 aliphatic carbocycles. The lowest BCUT2D eigenvalue weighted by Gasteiger charge is -2.08. The fourth-order valence-electron chi connectivity index (χ4n) is 2.55. The van der Waals surface area contributed by atoms with Gasteiger partial charge >= 0.3 is 0 Å². The number of aromatic nitrogens is 3. The summed E-state index contributed by atoms with van der Waals surface area (Å²) in [5.41, 5.74) is 2.47. The first-order valence-electron chi connectivity index (χ1n) is 7.82. The zero-order valence-electron chi connectivity index (χ0n) is 13.5. The Morgan fingerprint density at radius 1 is 1.12 bits per heavy atom. The Morgan fingerprint density at radius 2 is 2.04 bits per heavy atom. The standard InChI is InChI=1S/C18H13N5O2S/c24-17-15(26-18(25)23-17)8-11-4-5-14-13(7-11)16(22-10-21-14)20-9-12-3-1-2-6-19-12/h1-8,10H,9H2,(H,20,21,22)(H,23,24,25). The van der Waals surface area contributed by atoms with Crippen LogP contribution in [0.2, 0.25) is 0 Å². The second kappa shape index (κ2) is 6.93. The summed E-state index contributed by atoms with van der Waals surface area (Å²) < 4.78 is 0. The number of hydrogen-bond acceptors (Lipinski definition) is 7. The molecule has 0 radical (unpaired) electrons. The summed E-state index contributed by atoms with van der Waals surface area (Å²) in [7, 11) is 0. The first kappa shape index (κ1) is 16.2. The van der Waals surface area contributed by atoms with Crippen LogP contribution in [0.25, 0.3) is 17.0 Å². The van der Waals surface area contributed by atoms with Crippen LogP contribution in [0.1, 0.15) is 11.3 Å². The van der Waals surface area contributed by atoms with Crippen molar-refractivity contribution in [2.45, 2.75) is 6.54 Å². The van der Waals surface area contributed by atoms with Crippen LogP contribution < -0.4 is 10.6 Å². The molecule has 1 aliphatic rings. The molecule has 0 bridgehead atoms. The summed E-state index contributed by atoms with van der Waals surface area (Å²) in [6.07, 6.45) is 4.92. The highest BCUT2D eigenvalue weighted by molar-refractivity contribution is 8.18. The number of rotatable bonds is 4. The van der Waals surface area contributed by atoms with Crippen molar-refractivity contribution in [3.63, 3.8) is 0 Å².